The molecule has 0 saturated carbocycles. The first-order chi connectivity index (χ1) is 13.9. The third-order valence-corrected chi connectivity index (χ3v) is 5.69. The van der Waals surface area contributed by atoms with Crippen molar-refractivity contribution in [2.24, 2.45) is 0 Å². The molecule has 0 atom stereocenters. The number of H-pyrrole nitrogens is 3. The molecule has 28 heavy (non-hydrogen) atoms. The Morgan fingerprint density at radius 1 is 0.929 bits per heavy atom. The minimum absolute atomic E-state index is 0.693. The zero-order valence-corrected chi connectivity index (χ0v) is 15.4. The maximum Gasteiger partial charge on any atom is 0.181 e. The maximum absolute atomic E-state index is 4.50. The van der Waals surface area contributed by atoms with E-state index in [0.717, 1.165) is 33.4 Å². The molecule has 5 heterocycles. The largest absolute Gasteiger partial charge is 0.353 e. The van der Waals surface area contributed by atoms with Crippen LogP contribution in [0.4, 0.5) is 0 Å². The number of fused-ring (bicyclic) bond motifs is 2. The summed E-state index contributed by atoms with van der Waals surface area (Å²) >= 11 is 1.71. The highest BCUT2D eigenvalue weighted by molar-refractivity contribution is 7.08. The molecule has 0 aliphatic rings. The van der Waals surface area contributed by atoms with Gasteiger partial charge in [-0.1, -0.05) is 12.1 Å². The molecule has 0 bridgehead atoms. The van der Waals surface area contributed by atoms with Crippen LogP contribution in [0.3, 0.4) is 0 Å². The summed E-state index contributed by atoms with van der Waals surface area (Å²) in [5.41, 5.74) is 8.17. The van der Waals surface area contributed by atoms with Crippen molar-refractivity contribution < 1.29 is 0 Å². The summed E-state index contributed by atoms with van der Waals surface area (Å²) in [4.78, 5) is 8.03. The van der Waals surface area contributed by atoms with Gasteiger partial charge in [0.2, 0.25) is 0 Å². The lowest BCUT2D eigenvalue weighted by Gasteiger charge is -1.99. The van der Waals surface area contributed by atoms with E-state index >= 15 is 0 Å². The molecule has 0 amide bonds. The van der Waals surface area contributed by atoms with E-state index in [-0.39, 0.29) is 0 Å². The molecule has 0 aliphatic carbocycles. The number of thiophene rings is 1. The number of aromatic amines is 3. The monoisotopic (exact) mass is 382 g/mol. The average Bonchev–Trinajstić information content (AvgIpc) is 3.53. The molecule has 3 N–H and O–H groups in total. The summed E-state index contributed by atoms with van der Waals surface area (Å²) in [6.07, 6.45) is 5.47. The van der Waals surface area contributed by atoms with Crippen molar-refractivity contribution in [1.29, 1.82) is 0 Å². The van der Waals surface area contributed by atoms with E-state index in [1.54, 1.807) is 17.5 Å². The SMILES string of the molecule is c1cc(-c2ccsc2)c2cc(-c3[nH]nc4ncc(-c5cn[nH]c5)cc34)[nH]c2c1. The van der Waals surface area contributed by atoms with Crippen LogP contribution in [0.2, 0.25) is 0 Å². The lowest BCUT2D eigenvalue weighted by molar-refractivity contribution is 1.09. The van der Waals surface area contributed by atoms with Crippen LogP contribution >= 0.6 is 11.3 Å². The second-order valence-corrected chi connectivity index (χ2v) is 7.42. The van der Waals surface area contributed by atoms with Crippen molar-refractivity contribution in [3.63, 3.8) is 0 Å². The average molecular weight is 382 g/mol. The molecule has 0 radical (unpaired) electrons. The molecule has 134 valence electrons. The highest BCUT2D eigenvalue weighted by atomic mass is 32.1. The van der Waals surface area contributed by atoms with Crippen molar-refractivity contribution >= 4 is 33.3 Å². The summed E-state index contributed by atoms with van der Waals surface area (Å²) in [5.74, 6) is 0. The van der Waals surface area contributed by atoms with Gasteiger partial charge in [-0.25, -0.2) is 4.98 Å². The second kappa shape index (κ2) is 5.90. The van der Waals surface area contributed by atoms with Gasteiger partial charge >= 0.3 is 0 Å². The summed E-state index contributed by atoms with van der Waals surface area (Å²) < 4.78 is 0. The van der Waals surface area contributed by atoms with Gasteiger partial charge in [0.05, 0.1) is 17.6 Å². The Kier molecular flexibility index (Phi) is 3.24. The van der Waals surface area contributed by atoms with Crippen LogP contribution in [0, 0.1) is 0 Å². The molecule has 5 aromatic heterocycles. The van der Waals surface area contributed by atoms with E-state index in [1.165, 1.54) is 16.5 Å². The van der Waals surface area contributed by atoms with Crippen molar-refractivity contribution in [2.45, 2.75) is 0 Å². The topological polar surface area (TPSA) is 86.0 Å². The molecule has 7 heteroatoms. The second-order valence-electron chi connectivity index (χ2n) is 6.64. The number of benzene rings is 1. The molecular formula is C21H14N6S. The summed E-state index contributed by atoms with van der Waals surface area (Å²) in [6, 6.07) is 12.8. The van der Waals surface area contributed by atoms with Gasteiger partial charge in [-0.3, -0.25) is 10.2 Å². The van der Waals surface area contributed by atoms with Gasteiger partial charge in [-0.05, 0) is 46.2 Å². The maximum atomic E-state index is 4.50. The van der Waals surface area contributed by atoms with Gasteiger partial charge in [0.1, 0.15) is 0 Å². The van der Waals surface area contributed by atoms with Crippen molar-refractivity contribution in [3.8, 4) is 33.6 Å². The number of pyridine rings is 1. The standard InChI is InChI=1S/C21H14N6S/c1-2-15(12-4-5-28-11-12)16-7-19(25-18(16)3-1)20-17-6-13(14-9-23-24-10-14)8-22-21(17)27-26-20/h1-11,25H,(H,23,24)(H,22,26,27). The van der Waals surface area contributed by atoms with Gasteiger partial charge in [-0.2, -0.15) is 21.5 Å². The Balaban J connectivity index is 1.55. The predicted molar refractivity (Wildman–Crippen MR) is 112 cm³/mol. The van der Waals surface area contributed by atoms with Gasteiger partial charge in [0.15, 0.2) is 5.65 Å². The predicted octanol–water partition coefficient (Wildman–Crippen LogP) is 5.22. The third kappa shape index (κ3) is 2.30. The molecule has 0 fully saturated rings. The van der Waals surface area contributed by atoms with E-state index in [1.807, 2.05) is 12.4 Å². The van der Waals surface area contributed by atoms with Crippen LogP contribution < -0.4 is 0 Å². The number of nitrogens with zero attached hydrogens (tertiary/aromatic N) is 3. The minimum Gasteiger partial charge on any atom is -0.353 e. The smallest absolute Gasteiger partial charge is 0.181 e. The summed E-state index contributed by atoms with van der Waals surface area (Å²) in [5, 5.41) is 20.9. The first-order valence-corrected chi connectivity index (χ1v) is 9.79. The van der Waals surface area contributed by atoms with E-state index < -0.39 is 0 Å². The third-order valence-electron chi connectivity index (χ3n) is 5.01. The first-order valence-electron chi connectivity index (χ1n) is 8.85. The number of hydrogen-bond acceptors (Lipinski definition) is 4. The Bertz CT molecular complexity index is 1410. The fourth-order valence-electron chi connectivity index (χ4n) is 3.63. The Hall–Kier alpha value is -3.71. The minimum atomic E-state index is 0.693. The highest BCUT2D eigenvalue weighted by Gasteiger charge is 2.14. The van der Waals surface area contributed by atoms with Crippen molar-refractivity contribution in [2.75, 3.05) is 0 Å². The van der Waals surface area contributed by atoms with Crippen LogP contribution in [-0.4, -0.2) is 30.4 Å². The lowest BCUT2D eigenvalue weighted by Crippen LogP contribution is -1.81. The van der Waals surface area contributed by atoms with Gasteiger partial charge in [0, 0.05) is 39.8 Å². The molecule has 0 saturated heterocycles. The Morgan fingerprint density at radius 2 is 1.93 bits per heavy atom. The van der Waals surface area contributed by atoms with Crippen LogP contribution in [0.15, 0.2) is 65.7 Å². The number of aromatic nitrogens is 6. The van der Waals surface area contributed by atoms with Crippen LogP contribution in [0.25, 0.3) is 55.6 Å². The molecule has 0 spiro atoms. The number of rotatable bonds is 3. The zero-order valence-electron chi connectivity index (χ0n) is 14.6. The van der Waals surface area contributed by atoms with E-state index in [9.17, 15) is 0 Å². The van der Waals surface area contributed by atoms with Crippen LogP contribution in [0.1, 0.15) is 0 Å². The fourth-order valence-corrected chi connectivity index (χ4v) is 4.29. The van der Waals surface area contributed by atoms with E-state index in [2.05, 4.69) is 77.5 Å². The summed E-state index contributed by atoms with van der Waals surface area (Å²) in [7, 11) is 0. The van der Waals surface area contributed by atoms with Crippen LogP contribution in [0.5, 0.6) is 0 Å². The summed E-state index contributed by atoms with van der Waals surface area (Å²) in [6.45, 7) is 0. The first kappa shape index (κ1) is 15.4. The van der Waals surface area contributed by atoms with E-state index in [4.69, 9.17) is 0 Å². The lowest BCUT2D eigenvalue weighted by atomic mass is 10.0. The number of hydrogen-bond donors (Lipinski definition) is 3. The van der Waals surface area contributed by atoms with Gasteiger partial charge in [-0.15, -0.1) is 0 Å². The normalized spacial score (nSPS) is 11.6. The fraction of sp³-hybridized carbons (Fsp3) is 0. The van der Waals surface area contributed by atoms with E-state index in [0.29, 0.717) is 5.65 Å². The zero-order chi connectivity index (χ0) is 18.5. The van der Waals surface area contributed by atoms with Gasteiger partial charge in [0.25, 0.3) is 0 Å². The molecule has 0 unspecified atom stereocenters. The number of nitrogens with one attached hydrogen (secondary N) is 3. The Labute approximate surface area is 163 Å². The van der Waals surface area contributed by atoms with Crippen LogP contribution in [-0.2, 0) is 0 Å². The molecule has 6 nitrogen and oxygen atoms in total. The quantitative estimate of drug-likeness (QED) is 0.392. The highest BCUT2D eigenvalue weighted by Crippen LogP contribution is 2.35. The molecule has 1 aromatic carbocycles. The van der Waals surface area contributed by atoms with Gasteiger partial charge < -0.3 is 4.98 Å². The van der Waals surface area contributed by atoms with Crippen molar-refractivity contribution in [1.82, 2.24) is 30.4 Å². The molecule has 6 aromatic rings. The molecular weight excluding hydrogens is 368 g/mol. The molecule has 0 aliphatic heterocycles. The molecule has 6 rings (SSSR count). The Morgan fingerprint density at radius 3 is 2.79 bits per heavy atom. The van der Waals surface area contributed by atoms with Crippen molar-refractivity contribution in [3.05, 3.63) is 65.7 Å².